The number of fused-ring (bicyclic) bond motifs is 2. The second kappa shape index (κ2) is 5.84. The molecule has 1 saturated carbocycles. The van der Waals surface area contributed by atoms with Crippen LogP contribution in [0.4, 0.5) is 4.79 Å². The van der Waals surface area contributed by atoms with Gasteiger partial charge in [-0.1, -0.05) is 0 Å². The second-order valence-electron chi connectivity index (χ2n) is 8.08. The summed E-state index contributed by atoms with van der Waals surface area (Å²) >= 11 is 0. The van der Waals surface area contributed by atoms with Crippen LogP contribution in [0.15, 0.2) is 0 Å². The van der Waals surface area contributed by atoms with Crippen LogP contribution >= 0.6 is 0 Å². The molecule has 2 heterocycles. The molecule has 0 radical (unpaired) electrons. The molecule has 2 aliphatic heterocycles. The number of likely N-dealkylation sites (tertiary alicyclic amines) is 2. The molecule has 3 fully saturated rings. The summed E-state index contributed by atoms with van der Waals surface area (Å²) in [6, 6.07) is 1.39. The molecule has 5 nitrogen and oxygen atoms in total. The Morgan fingerprint density at radius 2 is 1.73 bits per heavy atom. The van der Waals surface area contributed by atoms with Gasteiger partial charge in [0, 0.05) is 37.1 Å². The van der Waals surface area contributed by atoms with Crippen molar-refractivity contribution in [2.75, 3.05) is 13.1 Å². The summed E-state index contributed by atoms with van der Waals surface area (Å²) in [6.45, 7) is 7.51. The Balaban J connectivity index is 1.54. The SMILES string of the molecule is CC(C)(C)OC(=O)N1CC2CC1CN2C1CCC(C=O)CC1. The highest BCUT2D eigenvalue weighted by Crippen LogP contribution is 2.37. The molecule has 2 saturated heterocycles. The van der Waals surface area contributed by atoms with Gasteiger partial charge in [-0.2, -0.15) is 0 Å². The quantitative estimate of drug-likeness (QED) is 0.735. The average molecular weight is 308 g/mol. The van der Waals surface area contributed by atoms with Crippen LogP contribution in [-0.4, -0.2) is 59.0 Å². The van der Waals surface area contributed by atoms with E-state index in [-0.39, 0.29) is 12.0 Å². The molecule has 0 aromatic heterocycles. The lowest BCUT2D eigenvalue weighted by molar-refractivity contribution is -0.112. The van der Waals surface area contributed by atoms with Gasteiger partial charge in [-0.3, -0.25) is 4.90 Å². The van der Waals surface area contributed by atoms with Crippen molar-refractivity contribution in [2.45, 2.75) is 76.6 Å². The largest absolute Gasteiger partial charge is 0.444 e. The third-order valence-electron chi connectivity index (χ3n) is 5.31. The maximum absolute atomic E-state index is 12.3. The Bertz CT molecular complexity index is 438. The molecule has 2 bridgehead atoms. The van der Waals surface area contributed by atoms with Crippen molar-refractivity contribution in [1.29, 1.82) is 0 Å². The summed E-state index contributed by atoms with van der Waals surface area (Å²) in [5, 5.41) is 0. The lowest BCUT2D eigenvalue weighted by atomic mass is 9.86. The third kappa shape index (κ3) is 3.14. The minimum Gasteiger partial charge on any atom is -0.444 e. The van der Waals surface area contributed by atoms with E-state index in [9.17, 15) is 9.59 Å². The normalized spacial score (nSPS) is 35.7. The van der Waals surface area contributed by atoms with Crippen molar-refractivity contribution in [1.82, 2.24) is 9.80 Å². The number of rotatable bonds is 2. The van der Waals surface area contributed by atoms with Gasteiger partial charge in [-0.05, 0) is 52.9 Å². The van der Waals surface area contributed by atoms with Crippen molar-refractivity contribution in [3.8, 4) is 0 Å². The molecule has 124 valence electrons. The van der Waals surface area contributed by atoms with Crippen LogP contribution in [0, 0.1) is 5.92 Å². The van der Waals surface area contributed by atoms with E-state index in [0.717, 1.165) is 51.5 Å². The number of carbonyl (C=O) groups is 2. The maximum Gasteiger partial charge on any atom is 0.410 e. The zero-order valence-electron chi connectivity index (χ0n) is 14.0. The van der Waals surface area contributed by atoms with Crippen molar-refractivity contribution in [2.24, 2.45) is 5.92 Å². The lowest BCUT2D eigenvalue weighted by Gasteiger charge is -2.41. The highest BCUT2D eigenvalue weighted by atomic mass is 16.6. The number of ether oxygens (including phenoxy) is 1. The van der Waals surface area contributed by atoms with Crippen LogP contribution in [0.25, 0.3) is 0 Å². The van der Waals surface area contributed by atoms with Crippen molar-refractivity contribution < 1.29 is 14.3 Å². The monoisotopic (exact) mass is 308 g/mol. The van der Waals surface area contributed by atoms with Crippen LogP contribution in [-0.2, 0) is 9.53 Å². The van der Waals surface area contributed by atoms with Crippen LogP contribution in [0.2, 0.25) is 0 Å². The fraction of sp³-hybridized carbons (Fsp3) is 0.882. The number of nitrogens with zero attached hydrogens (tertiary/aromatic N) is 2. The van der Waals surface area contributed by atoms with Gasteiger partial charge in [0.2, 0.25) is 0 Å². The van der Waals surface area contributed by atoms with Crippen LogP contribution < -0.4 is 0 Å². The van der Waals surface area contributed by atoms with Crippen molar-refractivity contribution in [3.05, 3.63) is 0 Å². The molecule has 22 heavy (non-hydrogen) atoms. The first-order valence-electron chi connectivity index (χ1n) is 8.58. The summed E-state index contributed by atoms with van der Waals surface area (Å²) < 4.78 is 5.51. The lowest BCUT2D eigenvalue weighted by Crippen LogP contribution is -2.53. The summed E-state index contributed by atoms with van der Waals surface area (Å²) in [4.78, 5) is 27.6. The number of hydrogen-bond acceptors (Lipinski definition) is 4. The van der Waals surface area contributed by atoms with E-state index in [4.69, 9.17) is 4.74 Å². The Morgan fingerprint density at radius 1 is 1.05 bits per heavy atom. The van der Waals surface area contributed by atoms with Gasteiger partial charge in [0.1, 0.15) is 11.9 Å². The predicted molar refractivity (Wildman–Crippen MR) is 83.6 cm³/mol. The zero-order chi connectivity index (χ0) is 15.9. The van der Waals surface area contributed by atoms with Gasteiger partial charge in [0.25, 0.3) is 0 Å². The van der Waals surface area contributed by atoms with E-state index in [1.807, 2.05) is 25.7 Å². The zero-order valence-corrected chi connectivity index (χ0v) is 14.0. The highest BCUT2D eigenvalue weighted by molar-refractivity contribution is 5.69. The number of carbonyl (C=O) groups excluding carboxylic acids is 2. The number of piperazine rings is 1. The first-order valence-corrected chi connectivity index (χ1v) is 8.58. The smallest absolute Gasteiger partial charge is 0.410 e. The number of hydrogen-bond donors (Lipinski definition) is 0. The van der Waals surface area contributed by atoms with E-state index in [0.29, 0.717) is 18.1 Å². The summed E-state index contributed by atoms with van der Waals surface area (Å²) in [6.07, 6.45) is 6.33. The fourth-order valence-corrected chi connectivity index (χ4v) is 4.26. The standard InChI is InChI=1S/C17H28N2O3/c1-17(2,3)22-16(21)19-10-14-8-15(19)9-18(14)13-6-4-12(11-20)5-7-13/h11-15H,4-10H2,1-3H3. The molecule has 2 unspecified atom stereocenters. The topological polar surface area (TPSA) is 49.9 Å². The Kier molecular flexibility index (Phi) is 4.19. The number of aldehydes is 1. The van der Waals surface area contributed by atoms with Gasteiger partial charge in [0.15, 0.2) is 0 Å². The van der Waals surface area contributed by atoms with E-state index in [1.165, 1.54) is 0 Å². The molecule has 3 aliphatic rings. The van der Waals surface area contributed by atoms with Gasteiger partial charge < -0.3 is 14.4 Å². The summed E-state index contributed by atoms with van der Waals surface area (Å²) in [5.41, 5.74) is -0.425. The van der Waals surface area contributed by atoms with Gasteiger partial charge >= 0.3 is 6.09 Å². The maximum atomic E-state index is 12.3. The van der Waals surface area contributed by atoms with E-state index in [2.05, 4.69) is 4.90 Å². The Labute approximate surface area is 133 Å². The Morgan fingerprint density at radius 3 is 2.23 bits per heavy atom. The van der Waals surface area contributed by atoms with Gasteiger partial charge in [-0.15, -0.1) is 0 Å². The van der Waals surface area contributed by atoms with Crippen LogP contribution in [0.5, 0.6) is 0 Å². The third-order valence-corrected chi connectivity index (χ3v) is 5.31. The minimum absolute atomic E-state index is 0.163. The fourth-order valence-electron chi connectivity index (χ4n) is 4.26. The first-order chi connectivity index (χ1) is 10.4. The van der Waals surface area contributed by atoms with E-state index < -0.39 is 5.60 Å². The van der Waals surface area contributed by atoms with Crippen LogP contribution in [0.1, 0.15) is 52.9 Å². The molecule has 0 aromatic rings. The van der Waals surface area contributed by atoms with E-state index >= 15 is 0 Å². The van der Waals surface area contributed by atoms with Gasteiger partial charge in [-0.25, -0.2) is 4.79 Å². The average Bonchev–Trinajstić information content (AvgIpc) is 3.05. The second-order valence-corrected chi connectivity index (χ2v) is 8.08. The highest BCUT2D eigenvalue weighted by Gasteiger charge is 2.48. The predicted octanol–water partition coefficient (Wildman–Crippen LogP) is 2.44. The molecule has 5 heteroatoms. The molecule has 2 atom stereocenters. The summed E-state index contributed by atoms with van der Waals surface area (Å²) in [5.74, 6) is 0.273. The van der Waals surface area contributed by atoms with E-state index in [1.54, 1.807) is 0 Å². The molecule has 3 rings (SSSR count). The molecule has 1 aliphatic carbocycles. The van der Waals surface area contributed by atoms with Crippen molar-refractivity contribution in [3.63, 3.8) is 0 Å². The molecule has 0 aromatic carbocycles. The molecule has 0 N–H and O–H groups in total. The minimum atomic E-state index is -0.425. The summed E-state index contributed by atoms with van der Waals surface area (Å²) in [7, 11) is 0. The number of amides is 1. The molecular weight excluding hydrogens is 280 g/mol. The van der Waals surface area contributed by atoms with Crippen molar-refractivity contribution >= 4 is 12.4 Å². The first kappa shape index (κ1) is 15.8. The Hall–Kier alpha value is -1.10. The molecule has 0 spiro atoms. The molecular formula is C17H28N2O3. The molecule has 1 amide bonds. The van der Waals surface area contributed by atoms with Crippen LogP contribution in [0.3, 0.4) is 0 Å². The van der Waals surface area contributed by atoms with Gasteiger partial charge in [0.05, 0.1) is 0 Å².